The van der Waals surface area contributed by atoms with Crippen LogP contribution in [-0.2, 0) is 12.8 Å². The zero-order chi connectivity index (χ0) is 11.8. The lowest BCUT2D eigenvalue weighted by Crippen LogP contribution is -2.31. The normalized spacial score (nSPS) is 22.9. The molecule has 0 fully saturated rings. The van der Waals surface area contributed by atoms with Gasteiger partial charge in [0.05, 0.1) is 0 Å². The van der Waals surface area contributed by atoms with Crippen molar-refractivity contribution in [3.63, 3.8) is 0 Å². The minimum absolute atomic E-state index is 0.425. The number of benzene rings is 1. The van der Waals surface area contributed by atoms with Crippen LogP contribution in [0.4, 0.5) is 0 Å². The van der Waals surface area contributed by atoms with Crippen molar-refractivity contribution >= 4 is 0 Å². The first-order valence-electron chi connectivity index (χ1n) is 6.34. The lowest BCUT2D eigenvalue weighted by Gasteiger charge is -2.37. The topological polar surface area (TPSA) is 12.0 Å². The molecule has 0 aromatic heterocycles. The van der Waals surface area contributed by atoms with Crippen LogP contribution in [-0.4, -0.2) is 7.05 Å². The van der Waals surface area contributed by atoms with Crippen molar-refractivity contribution in [3.05, 3.63) is 34.9 Å². The molecule has 1 atom stereocenters. The molecule has 16 heavy (non-hydrogen) atoms. The fourth-order valence-electron chi connectivity index (χ4n) is 2.86. The van der Waals surface area contributed by atoms with Crippen LogP contribution in [0.1, 0.15) is 49.9 Å². The highest BCUT2D eigenvalue weighted by Crippen LogP contribution is 2.40. The molecule has 1 aromatic carbocycles. The molecule has 0 radical (unpaired) electrons. The minimum atomic E-state index is 0.425. The molecule has 1 aliphatic rings. The fraction of sp³-hybridized carbons (Fsp3) is 0.600. The average molecular weight is 217 g/mol. The minimum Gasteiger partial charge on any atom is -0.313 e. The summed E-state index contributed by atoms with van der Waals surface area (Å²) < 4.78 is 0. The molecule has 1 aromatic rings. The average Bonchev–Trinajstić information content (AvgIpc) is 2.26. The molecule has 0 amide bonds. The summed E-state index contributed by atoms with van der Waals surface area (Å²) >= 11 is 0. The van der Waals surface area contributed by atoms with E-state index in [1.807, 2.05) is 0 Å². The first kappa shape index (κ1) is 11.7. The maximum absolute atomic E-state index is 3.47. The summed E-state index contributed by atoms with van der Waals surface area (Å²) in [4.78, 5) is 0. The lowest BCUT2D eigenvalue weighted by molar-refractivity contribution is 0.265. The Kier molecular flexibility index (Phi) is 3.07. The van der Waals surface area contributed by atoms with Gasteiger partial charge in [-0.3, -0.25) is 0 Å². The molecular formula is C15H23N. The molecule has 0 saturated carbocycles. The Morgan fingerprint density at radius 2 is 2.12 bits per heavy atom. The van der Waals surface area contributed by atoms with Gasteiger partial charge in [0.2, 0.25) is 0 Å². The van der Waals surface area contributed by atoms with Crippen LogP contribution in [0.15, 0.2) is 18.2 Å². The largest absolute Gasteiger partial charge is 0.313 e. The molecule has 2 rings (SSSR count). The van der Waals surface area contributed by atoms with Crippen molar-refractivity contribution < 1.29 is 0 Å². The van der Waals surface area contributed by atoms with Crippen LogP contribution in [0, 0.1) is 5.41 Å². The van der Waals surface area contributed by atoms with Crippen molar-refractivity contribution in [1.82, 2.24) is 5.32 Å². The Balaban J connectivity index is 2.42. The van der Waals surface area contributed by atoms with Crippen LogP contribution in [0.5, 0.6) is 0 Å². The Bertz CT molecular complexity index is 379. The predicted molar refractivity (Wildman–Crippen MR) is 69.7 cm³/mol. The SMILES string of the molecule is CCc1ccc2c(c1)C(NC)CC(C)(C)C2. The summed E-state index contributed by atoms with van der Waals surface area (Å²) in [6.07, 6.45) is 3.58. The quantitative estimate of drug-likeness (QED) is 0.799. The molecule has 88 valence electrons. The number of rotatable bonds is 2. The van der Waals surface area contributed by atoms with Crippen molar-refractivity contribution in [2.24, 2.45) is 5.41 Å². The van der Waals surface area contributed by atoms with Gasteiger partial charge in [-0.25, -0.2) is 0 Å². The predicted octanol–water partition coefficient (Wildman–Crippen LogP) is 3.48. The smallest absolute Gasteiger partial charge is 0.0325 e. The molecule has 1 nitrogen and oxygen atoms in total. The standard InChI is InChI=1S/C15H23N/c1-5-11-6-7-12-9-15(2,3)10-14(16-4)13(12)8-11/h6-8,14,16H,5,9-10H2,1-4H3. The van der Waals surface area contributed by atoms with Gasteiger partial charge in [0.25, 0.3) is 0 Å². The third-order valence-corrected chi connectivity index (χ3v) is 3.77. The van der Waals surface area contributed by atoms with Crippen LogP contribution >= 0.6 is 0 Å². The van der Waals surface area contributed by atoms with Crippen molar-refractivity contribution in [2.45, 2.75) is 46.1 Å². The lowest BCUT2D eigenvalue weighted by atomic mass is 9.71. The summed E-state index contributed by atoms with van der Waals surface area (Å²) in [5.41, 5.74) is 4.95. The molecule has 0 aliphatic heterocycles. The second-order valence-electron chi connectivity index (χ2n) is 5.77. The Labute approximate surface area is 99.3 Å². The van der Waals surface area contributed by atoms with Crippen molar-refractivity contribution in [3.8, 4) is 0 Å². The highest BCUT2D eigenvalue weighted by atomic mass is 14.9. The molecule has 1 heteroatoms. The van der Waals surface area contributed by atoms with Gasteiger partial charge < -0.3 is 5.32 Å². The van der Waals surface area contributed by atoms with Gasteiger partial charge >= 0.3 is 0 Å². The maximum atomic E-state index is 3.47. The van der Waals surface area contributed by atoms with E-state index in [1.165, 1.54) is 29.5 Å². The van der Waals surface area contributed by atoms with Gasteiger partial charge in [-0.1, -0.05) is 39.0 Å². The molecular weight excluding hydrogens is 194 g/mol. The third kappa shape index (κ3) is 2.15. The van der Waals surface area contributed by atoms with E-state index < -0.39 is 0 Å². The highest BCUT2D eigenvalue weighted by Gasteiger charge is 2.31. The number of aryl methyl sites for hydroxylation is 1. The van der Waals surface area contributed by atoms with E-state index in [1.54, 1.807) is 0 Å². The number of fused-ring (bicyclic) bond motifs is 1. The van der Waals surface area contributed by atoms with E-state index in [0.29, 0.717) is 11.5 Å². The summed E-state index contributed by atoms with van der Waals surface area (Å²) in [6.45, 7) is 6.96. The Morgan fingerprint density at radius 3 is 2.75 bits per heavy atom. The second kappa shape index (κ2) is 4.21. The highest BCUT2D eigenvalue weighted by molar-refractivity contribution is 5.37. The summed E-state index contributed by atoms with van der Waals surface area (Å²) in [5.74, 6) is 0. The molecule has 0 saturated heterocycles. The Morgan fingerprint density at radius 1 is 1.38 bits per heavy atom. The van der Waals surface area contributed by atoms with Crippen molar-refractivity contribution in [2.75, 3.05) is 7.05 Å². The van der Waals surface area contributed by atoms with Crippen LogP contribution in [0.3, 0.4) is 0 Å². The van der Waals surface area contributed by atoms with Gasteiger partial charge in [-0.15, -0.1) is 0 Å². The molecule has 0 spiro atoms. The van der Waals surface area contributed by atoms with E-state index in [0.717, 1.165) is 6.42 Å². The third-order valence-electron chi connectivity index (χ3n) is 3.77. The van der Waals surface area contributed by atoms with Crippen LogP contribution in [0.2, 0.25) is 0 Å². The molecule has 1 N–H and O–H groups in total. The summed E-state index contributed by atoms with van der Waals surface area (Å²) in [6, 6.07) is 7.54. The van der Waals surface area contributed by atoms with Gasteiger partial charge in [0, 0.05) is 6.04 Å². The fourth-order valence-corrected chi connectivity index (χ4v) is 2.86. The number of hydrogen-bond donors (Lipinski definition) is 1. The van der Waals surface area contributed by atoms with Gasteiger partial charge in [0.15, 0.2) is 0 Å². The van der Waals surface area contributed by atoms with Crippen molar-refractivity contribution in [1.29, 1.82) is 0 Å². The zero-order valence-corrected chi connectivity index (χ0v) is 10.9. The monoisotopic (exact) mass is 217 g/mol. The van der Waals surface area contributed by atoms with Gasteiger partial charge in [0.1, 0.15) is 0 Å². The number of nitrogens with one attached hydrogen (secondary N) is 1. The van der Waals surface area contributed by atoms with Gasteiger partial charge in [-0.2, -0.15) is 0 Å². The van der Waals surface area contributed by atoms with E-state index in [9.17, 15) is 0 Å². The summed E-state index contributed by atoms with van der Waals surface area (Å²) in [5, 5.41) is 3.47. The summed E-state index contributed by atoms with van der Waals surface area (Å²) in [7, 11) is 2.08. The molecule has 0 bridgehead atoms. The van der Waals surface area contributed by atoms with E-state index in [4.69, 9.17) is 0 Å². The second-order valence-corrected chi connectivity index (χ2v) is 5.77. The first-order valence-corrected chi connectivity index (χ1v) is 6.34. The zero-order valence-electron chi connectivity index (χ0n) is 10.9. The van der Waals surface area contributed by atoms with E-state index in [2.05, 4.69) is 51.3 Å². The molecule has 1 aliphatic carbocycles. The van der Waals surface area contributed by atoms with Gasteiger partial charge in [-0.05, 0) is 48.4 Å². The maximum Gasteiger partial charge on any atom is 0.0325 e. The van der Waals surface area contributed by atoms with Crippen LogP contribution < -0.4 is 5.32 Å². The first-order chi connectivity index (χ1) is 7.55. The molecule has 0 heterocycles. The van der Waals surface area contributed by atoms with E-state index in [-0.39, 0.29) is 0 Å². The van der Waals surface area contributed by atoms with E-state index >= 15 is 0 Å². The number of hydrogen-bond acceptors (Lipinski definition) is 1. The Hall–Kier alpha value is -0.820. The van der Waals surface area contributed by atoms with Crippen LogP contribution in [0.25, 0.3) is 0 Å². The molecule has 1 unspecified atom stereocenters.